The summed E-state index contributed by atoms with van der Waals surface area (Å²) in [7, 11) is -10.3. The van der Waals surface area contributed by atoms with Gasteiger partial charge < -0.3 is 34.0 Å². The van der Waals surface area contributed by atoms with Crippen LogP contribution in [0.5, 0.6) is 5.75 Å². The third-order valence-corrected chi connectivity index (χ3v) is 10.1. The van der Waals surface area contributed by atoms with Crippen molar-refractivity contribution in [3.05, 3.63) is 59.9 Å². The van der Waals surface area contributed by atoms with Crippen molar-refractivity contribution in [2.24, 2.45) is 0 Å². The number of hydrogen-bond donors (Lipinski definition) is 3. The van der Waals surface area contributed by atoms with Crippen LogP contribution in [0.4, 0.5) is 4.79 Å². The molecule has 17 heteroatoms. The number of nitrogens with zero attached hydrogens (tertiary/aromatic N) is 2. The Bertz CT molecular complexity index is 1260. The van der Waals surface area contributed by atoms with Crippen LogP contribution in [0.2, 0.25) is 0 Å². The molecule has 2 aromatic rings. The van der Waals surface area contributed by atoms with Crippen LogP contribution in [-0.4, -0.2) is 74.2 Å². The van der Waals surface area contributed by atoms with Gasteiger partial charge in [0.25, 0.3) is 5.08 Å². The molecule has 0 bridgehead atoms. The number of aromatic nitrogens is 1. The normalized spacial score (nSPS) is 26.0. The molecule has 3 rings (SSSR count). The first-order valence-corrected chi connectivity index (χ1v) is 14.9. The zero-order valence-corrected chi connectivity index (χ0v) is 23.2. The van der Waals surface area contributed by atoms with Crippen LogP contribution in [-0.2, 0) is 43.7 Å². The van der Waals surface area contributed by atoms with Gasteiger partial charge >= 0.3 is 33.2 Å². The minimum Gasteiger partial charge on any atom is -0.464 e. The summed E-state index contributed by atoms with van der Waals surface area (Å²) in [5, 5.41) is 7.66. The summed E-state index contributed by atoms with van der Waals surface area (Å²) in [4.78, 5) is 60.6. The van der Waals surface area contributed by atoms with Crippen molar-refractivity contribution in [3.8, 4) is 5.75 Å². The Morgan fingerprint density at radius 1 is 0.975 bits per heavy atom. The highest BCUT2D eigenvalue weighted by Gasteiger charge is 2.67. The van der Waals surface area contributed by atoms with Gasteiger partial charge in [0, 0.05) is 38.2 Å². The number of hydrogen-bond acceptors (Lipinski definition) is 12. The van der Waals surface area contributed by atoms with Crippen LogP contribution >= 0.6 is 15.2 Å². The number of pyridine rings is 1. The lowest BCUT2D eigenvalue weighted by Crippen LogP contribution is -2.39. The van der Waals surface area contributed by atoms with Gasteiger partial charge in [-0.05, 0) is 23.8 Å². The summed E-state index contributed by atoms with van der Waals surface area (Å²) >= 11 is 0. The molecule has 2 heterocycles. The summed E-state index contributed by atoms with van der Waals surface area (Å²) in [6, 6.07) is 7.94. The largest absolute Gasteiger partial charge is 0.464 e. The Morgan fingerprint density at radius 3 is 2.00 bits per heavy atom. The summed E-state index contributed by atoms with van der Waals surface area (Å²) < 4.78 is 51.0. The molecule has 1 amide bonds. The van der Waals surface area contributed by atoms with E-state index in [0.717, 1.165) is 4.90 Å². The molecular formula is C23H28N2O13P2. The highest BCUT2D eigenvalue weighted by molar-refractivity contribution is 7.73. The first kappa shape index (κ1) is 31.4. The monoisotopic (exact) mass is 602 g/mol. The Balaban J connectivity index is 1.70. The molecule has 1 saturated heterocycles. The number of ether oxygens (including phenoxy) is 3. The molecule has 1 aromatic carbocycles. The maximum absolute atomic E-state index is 12.9. The van der Waals surface area contributed by atoms with E-state index in [0.29, 0.717) is 0 Å². The lowest BCUT2D eigenvalue weighted by Gasteiger charge is -2.41. The van der Waals surface area contributed by atoms with Crippen molar-refractivity contribution in [1.82, 2.24) is 9.88 Å². The lowest BCUT2D eigenvalue weighted by molar-refractivity contribution is -0.141. The van der Waals surface area contributed by atoms with E-state index >= 15 is 0 Å². The molecule has 0 spiro atoms. The molecule has 218 valence electrons. The average Bonchev–Trinajstić information content (AvgIpc) is 2.87. The summed E-state index contributed by atoms with van der Waals surface area (Å²) in [6.45, 7) is 2.04. The van der Waals surface area contributed by atoms with Crippen LogP contribution in [0.1, 0.15) is 31.3 Å². The predicted octanol–water partition coefficient (Wildman–Crippen LogP) is 2.31. The standard InChI is InChI=1S/C23H28N2O13P2/c1-16(26)34-12-10-25(11-13-35-17(2)27)22(28)36-20-7-5-19(6-8-20)21-37-39(30,31)23(29,40(32,33)38-21)14-18-4-3-9-24-15-18/h3-9,15,21,29H,10-14H2,1-2H3,(H,30,31)(H,32,33). The van der Waals surface area contributed by atoms with Crippen molar-refractivity contribution in [1.29, 1.82) is 0 Å². The fourth-order valence-electron chi connectivity index (χ4n) is 3.46. The maximum atomic E-state index is 12.9. The highest BCUT2D eigenvalue weighted by atomic mass is 31.2. The van der Waals surface area contributed by atoms with Gasteiger partial charge in [0.05, 0.1) is 13.1 Å². The van der Waals surface area contributed by atoms with Gasteiger partial charge in [-0.15, -0.1) is 0 Å². The quantitative estimate of drug-likeness (QED) is 0.263. The second kappa shape index (κ2) is 13.0. The molecule has 0 aliphatic carbocycles. The molecule has 2 atom stereocenters. The van der Waals surface area contributed by atoms with Gasteiger partial charge in [0.1, 0.15) is 19.0 Å². The molecule has 0 radical (unpaired) electrons. The fraction of sp³-hybridized carbons (Fsp3) is 0.391. The van der Waals surface area contributed by atoms with Gasteiger partial charge in [-0.1, -0.05) is 18.2 Å². The van der Waals surface area contributed by atoms with E-state index in [-0.39, 0.29) is 43.2 Å². The SMILES string of the molecule is CC(=O)OCCN(CCOC(C)=O)C(=O)Oc1ccc(C2OP(=O)(O)C(O)(Cc3cccnc3)P(=O)(O)O2)cc1. The number of aliphatic hydroxyl groups is 1. The number of carbonyl (C=O) groups is 3. The Hall–Kier alpha value is -3.16. The summed E-state index contributed by atoms with van der Waals surface area (Å²) in [6.07, 6.45) is -0.751. The minimum absolute atomic E-state index is 0.00183. The smallest absolute Gasteiger partial charge is 0.415 e. The zero-order chi connectivity index (χ0) is 29.6. The van der Waals surface area contributed by atoms with E-state index in [1.165, 1.54) is 62.6 Å². The number of rotatable bonds is 10. The molecule has 3 N–H and O–H groups in total. The Kier molecular flexibility index (Phi) is 10.2. The highest BCUT2D eigenvalue weighted by Crippen LogP contribution is 2.79. The first-order valence-electron chi connectivity index (χ1n) is 11.7. The molecule has 1 aromatic heterocycles. The van der Waals surface area contributed by atoms with E-state index in [2.05, 4.69) is 4.98 Å². The zero-order valence-electron chi connectivity index (χ0n) is 21.4. The van der Waals surface area contributed by atoms with Crippen LogP contribution < -0.4 is 4.74 Å². The van der Waals surface area contributed by atoms with Crippen molar-refractivity contribution >= 4 is 33.2 Å². The molecule has 40 heavy (non-hydrogen) atoms. The van der Waals surface area contributed by atoms with E-state index in [1.54, 1.807) is 0 Å². The molecule has 1 fully saturated rings. The summed E-state index contributed by atoms with van der Waals surface area (Å²) in [5.41, 5.74) is 0.202. The first-order chi connectivity index (χ1) is 18.7. The minimum atomic E-state index is -5.17. The van der Waals surface area contributed by atoms with E-state index in [1.807, 2.05) is 0 Å². The summed E-state index contributed by atoms with van der Waals surface area (Å²) in [5.74, 6) is -1.10. The van der Waals surface area contributed by atoms with Crippen LogP contribution in [0.3, 0.4) is 0 Å². The van der Waals surface area contributed by atoms with Gasteiger partial charge in [-0.2, -0.15) is 0 Å². The maximum Gasteiger partial charge on any atom is 0.415 e. The van der Waals surface area contributed by atoms with E-state index in [4.69, 9.17) is 23.3 Å². The number of esters is 2. The second-order valence-electron chi connectivity index (χ2n) is 8.50. The molecule has 15 nitrogen and oxygen atoms in total. The lowest BCUT2D eigenvalue weighted by atomic mass is 10.2. The van der Waals surface area contributed by atoms with Gasteiger partial charge in [0.15, 0.2) is 0 Å². The molecular weight excluding hydrogens is 574 g/mol. The third-order valence-electron chi connectivity index (χ3n) is 5.50. The average molecular weight is 602 g/mol. The van der Waals surface area contributed by atoms with Gasteiger partial charge in [-0.25, -0.2) is 4.79 Å². The van der Waals surface area contributed by atoms with Crippen molar-refractivity contribution in [2.45, 2.75) is 31.6 Å². The number of benzene rings is 1. The predicted molar refractivity (Wildman–Crippen MR) is 135 cm³/mol. The van der Waals surface area contributed by atoms with Gasteiger partial charge in [-0.3, -0.25) is 32.8 Å². The number of amides is 1. The van der Waals surface area contributed by atoms with Crippen LogP contribution in [0.25, 0.3) is 0 Å². The molecule has 1 aliphatic heterocycles. The van der Waals surface area contributed by atoms with Crippen molar-refractivity contribution in [2.75, 3.05) is 26.3 Å². The van der Waals surface area contributed by atoms with E-state index < -0.39 is 51.0 Å². The van der Waals surface area contributed by atoms with E-state index in [9.17, 15) is 38.4 Å². The third kappa shape index (κ3) is 7.73. The van der Waals surface area contributed by atoms with Crippen molar-refractivity contribution < 1.29 is 61.7 Å². The molecule has 2 unspecified atom stereocenters. The topological polar surface area (TPSA) is 208 Å². The van der Waals surface area contributed by atoms with Crippen LogP contribution in [0, 0.1) is 0 Å². The second-order valence-corrected chi connectivity index (χ2v) is 12.8. The number of carbonyl (C=O) groups excluding carboxylic acids is 3. The van der Waals surface area contributed by atoms with Crippen LogP contribution in [0.15, 0.2) is 48.8 Å². The fourth-order valence-corrected chi connectivity index (χ4v) is 7.04. The Labute approximate surface area is 228 Å². The Morgan fingerprint density at radius 2 is 1.52 bits per heavy atom. The van der Waals surface area contributed by atoms with Crippen molar-refractivity contribution in [3.63, 3.8) is 0 Å². The molecule has 0 saturated carbocycles. The van der Waals surface area contributed by atoms with Gasteiger partial charge in [0.2, 0.25) is 6.29 Å². The molecule has 1 aliphatic rings.